The van der Waals surface area contributed by atoms with Crippen molar-refractivity contribution in [1.29, 1.82) is 0 Å². The first-order valence-electron chi connectivity index (χ1n) is 5.09. The van der Waals surface area contributed by atoms with E-state index in [-0.39, 0.29) is 0 Å². The Bertz CT molecular complexity index is 286. The highest BCUT2D eigenvalue weighted by atomic mass is 127. The normalized spacial score (nSPS) is 10.7. The van der Waals surface area contributed by atoms with E-state index in [0.717, 1.165) is 22.5 Å². The van der Waals surface area contributed by atoms with Gasteiger partial charge in [-0.1, -0.05) is 0 Å². The molecule has 0 saturated heterocycles. The molecule has 1 aromatic rings. The van der Waals surface area contributed by atoms with E-state index >= 15 is 0 Å². The van der Waals surface area contributed by atoms with E-state index in [0.29, 0.717) is 12.6 Å². The van der Waals surface area contributed by atoms with Gasteiger partial charge in [-0.05, 0) is 49.4 Å². The van der Waals surface area contributed by atoms with E-state index in [9.17, 15) is 0 Å². The van der Waals surface area contributed by atoms with E-state index in [1.807, 2.05) is 12.4 Å². The Balaban J connectivity index is 2.74. The van der Waals surface area contributed by atoms with Crippen LogP contribution in [0.4, 0.5) is 5.95 Å². The van der Waals surface area contributed by atoms with Crippen molar-refractivity contribution in [3.05, 3.63) is 16.0 Å². The van der Waals surface area contributed by atoms with Crippen LogP contribution >= 0.6 is 22.6 Å². The van der Waals surface area contributed by atoms with Gasteiger partial charge in [-0.3, -0.25) is 0 Å². The molecule has 0 amide bonds. The summed E-state index contributed by atoms with van der Waals surface area (Å²) in [4.78, 5) is 10.8. The molecule has 0 bridgehead atoms. The summed E-state index contributed by atoms with van der Waals surface area (Å²) in [6, 6.07) is 0.400. The SMILES string of the molecule is CC(C)N(CCCN)c1ncc(I)cn1. The van der Waals surface area contributed by atoms with Crippen LogP contribution in [0, 0.1) is 3.57 Å². The van der Waals surface area contributed by atoms with Crippen LogP contribution in [0.1, 0.15) is 20.3 Å². The largest absolute Gasteiger partial charge is 0.338 e. The smallest absolute Gasteiger partial charge is 0.225 e. The molecular formula is C10H17IN4. The van der Waals surface area contributed by atoms with Crippen molar-refractivity contribution in [1.82, 2.24) is 9.97 Å². The second-order valence-electron chi connectivity index (χ2n) is 3.63. The molecule has 4 nitrogen and oxygen atoms in total. The molecule has 84 valence electrons. The Hall–Kier alpha value is -0.430. The first kappa shape index (κ1) is 12.6. The Kier molecular flexibility index (Phi) is 5.24. The zero-order valence-corrected chi connectivity index (χ0v) is 11.3. The minimum atomic E-state index is 0.400. The van der Waals surface area contributed by atoms with Crippen molar-refractivity contribution in [2.45, 2.75) is 26.3 Å². The lowest BCUT2D eigenvalue weighted by molar-refractivity contribution is 0.639. The zero-order valence-electron chi connectivity index (χ0n) is 9.15. The van der Waals surface area contributed by atoms with E-state index < -0.39 is 0 Å². The minimum absolute atomic E-state index is 0.400. The summed E-state index contributed by atoms with van der Waals surface area (Å²) in [5.74, 6) is 0.791. The van der Waals surface area contributed by atoms with Crippen LogP contribution < -0.4 is 10.6 Å². The van der Waals surface area contributed by atoms with Crippen molar-refractivity contribution in [2.75, 3.05) is 18.0 Å². The average Bonchev–Trinajstić information content (AvgIpc) is 2.21. The lowest BCUT2D eigenvalue weighted by atomic mass is 10.3. The minimum Gasteiger partial charge on any atom is -0.338 e. The Morgan fingerprint density at radius 1 is 1.40 bits per heavy atom. The van der Waals surface area contributed by atoms with Crippen LogP contribution in [0.15, 0.2) is 12.4 Å². The molecule has 0 aliphatic heterocycles. The third kappa shape index (κ3) is 3.90. The summed E-state index contributed by atoms with van der Waals surface area (Å²) in [6.45, 7) is 5.89. The maximum Gasteiger partial charge on any atom is 0.225 e. The average molecular weight is 320 g/mol. The molecule has 1 heterocycles. The van der Waals surface area contributed by atoms with E-state index in [1.165, 1.54) is 0 Å². The van der Waals surface area contributed by atoms with Gasteiger partial charge in [-0.2, -0.15) is 0 Å². The number of nitrogens with zero attached hydrogens (tertiary/aromatic N) is 3. The van der Waals surface area contributed by atoms with Crippen molar-refractivity contribution in [3.8, 4) is 0 Å². The van der Waals surface area contributed by atoms with Gasteiger partial charge in [0.2, 0.25) is 5.95 Å². The first-order chi connectivity index (χ1) is 7.15. The van der Waals surface area contributed by atoms with Gasteiger partial charge in [-0.25, -0.2) is 9.97 Å². The quantitative estimate of drug-likeness (QED) is 0.838. The standard InChI is InChI=1S/C10H17IN4/c1-8(2)15(5-3-4-12)10-13-6-9(11)7-14-10/h6-8H,3-5,12H2,1-2H3. The molecule has 0 radical (unpaired) electrons. The van der Waals surface area contributed by atoms with Gasteiger partial charge in [-0.15, -0.1) is 0 Å². The lowest BCUT2D eigenvalue weighted by Gasteiger charge is -2.26. The van der Waals surface area contributed by atoms with Crippen LogP contribution in [-0.4, -0.2) is 29.1 Å². The number of hydrogen-bond donors (Lipinski definition) is 1. The summed E-state index contributed by atoms with van der Waals surface area (Å²) in [5, 5.41) is 0. The summed E-state index contributed by atoms with van der Waals surface area (Å²) < 4.78 is 1.05. The summed E-state index contributed by atoms with van der Waals surface area (Å²) in [5.41, 5.74) is 5.51. The van der Waals surface area contributed by atoms with Crippen molar-refractivity contribution in [3.63, 3.8) is 0 Å². The molecule has 0 fully saturated rings. The molecule has 0 aliphatic rings. The van der Waals surface area contributed by atoms with Crippen LogP contribution in [0.25, 0.3) is 0 Å². The number of hydrogen-bond acceptors (Lipinski definition) is 4. The van der Waals surface area contributed by atoms with Gasteiger partial charge in [0.1, 0.15) is 0 Å². The fraction of sp³-hybridized carbons (Fsp3) is 0.600. The topological polar surface area (TPSA) is 55.0 Å². The first-order valence-corrected chi connectivity index (χ1v) is 6.17. The predicted octanol–water partition coefficient (Wildman–Crippen LogP) is 1.64. The molecule has 2 N–H and O–H groups in total. The highest BCUT2D eigenvalue weighted by Crippen LogP contribution is 2.12. The third-order valence-electron chi connectivity index (χ3n) is 2.09. The van der Waals surface area contributed by atoms with Gasteiger partial charge >= 0.3 is 0 Å². The Morgan fingerprint density at radius 2 is 2.00 bits per heavy atom. The molecule has 0 spiro atoms. The predicted molar refractivity (Wildman–Crippen MR) is 70.9 cm³/mol. The van der Waals surface area contributed by atoms with E-state index in [2.05, 4.69) is 51.3 Å². The van der Waals surface area contributed by atoms with Crippen molar-refractivity contribution in [2.24, 2.45) is 5.73 Å². The highest BCUT2D eigenvalue weighted by Gasteiger charge is 2.12. The van der Waals surface area contributed by atoms with Gasteiger partial charge in [0.25, 0.3) is 0 Å². The van der Waals surface area contributed by atoms with Crippen molar-refractivity contribution >= 4 is 28.5 Å². The van der Waals surface area contributed by atoms with Gasteiger partial charge in [0.15, 0.2) is 0 Å². The number of aromatic nitrogens is 2. The number of anilines is 1. The van der Waals surface area contributed by atoms with Gasteiger partial charge < -0.3 is 10.6 Å². The Labute approximate surface area is 104 Å². The summed E-state index contributed by atoms with van der Waals surface area (Å²) in [7, 11) is 0. The molecule has 1 aromatic heterocycles. The van der Waals surface area contributed by atoms with Crippen LogP contribution in [0.2, 0.25) is 0 Å². The monoisotopic (exact) mass is 320 g/mol. The molecule has 0 saturated carbocycles. The van der Waals surface area contributed by atoms with Crippen LogP contribution in [0.3, 0.4) is 0 Å². The number of halogens is 1. The molecule has 0 aliphatic carbocycles. The zero-order chi connectivity index (χ0) is 11.3. The van der Waals surface area contributed by atoms with Crippen LogP contribution in [-0.2, 0) is 0 Å². The fourth-order valence-corrected chi connectivity index (χ4v) is 1.58. The maximum absolute atomic E-state index is 5.51. The van der Waals surface area contributed by atoms with Gasteiger partial charge in [0, 0.05) is 28.6 Å². The molecule has 1 rings (SSSR count). The summed E-state index contributed by atoms with van der Waals surface area (Å²) in [6.07, 6.45) is 4.63. The molecule has 5 heteroatoms. The van der Waals surface area contributed by atoms with Gasteiger partial charge in [0.05, 0.1) is 0 Å². The number of nitrogens with two attached hydrogens (primary N) is 1. The highest BCUT2D eigenvalue weighted by molar-refractivity contribution is 14.1. The van der Waals surface area contributed by atoms with Crippen molar-refractivity contribution < 1.29 is 0 Å². The second kappa shape index (κ2) is 6.22. The lowest BCUT2D eigenvalue weighted by Crippen LogP contribution is -2.34. The summed E-state index contributed by atoms with van der Waals surface area (Å²) >= 11 is 2.20. The maximum atomic E-state index is 5.51. The Morgan fingerprint density at radius 3 is 2.47 bits per heavy atom. The second-order valence-corrected chi connectivity index (χ2v) is 4.88. The molecule has 15 heavy (non-hydrogen) atoms. The molecular weight excluding hydrogens is 303 g/mol. The molecule has 0 aromatic carbocycles. The fourth-order valence-electron chi connectivity index (χ4n) is 1.30. The van der Waals surface area contributed by atoms with E-state index in [4.69, 9.17) is 5.73 Å². The van der Waals surface area contributed by atoms with E-state index in [1.54, 1.807) is 0 Å². The van der Waals surface area contributed by atoms with Crippen LogP contribution in [0.5, 0.6) is 0 Å². The molecule has 0 atom stereocenters. The third-order valence-corrected chi connectivity index (χ3v) is 2.65. The molecule has 0 unspecified atom stereocenters. The number of rotatable bonds is 5.